The highest BCUT2D eigenvalue weighted by Gasteiger charge is 2.20. The molecule has 0 aliphatic carbocycles. The second-order valence-electron chi connectivity index (χ2n) is 7.28. The molecule has 0 aliphatic rings. The van der Waals surface area contributed by atoms with Crippen molar-refractivity contribution >= 4 is 43.5 Å². The number of aryl methyl sites for hydroxylation is 1. The number of nitrogens with zero attached hydrogens (tertiary/aromatic N) is 2. The maximum absolute atomic E-state index is 13.4. The number of nitrogens with one attached hydrogen (secondary N) is 1. The van der Waals surface area contributed by atoms with Gasteiger partial charge in [-0.05, 0) is 37.6 Å². The summed E-state index contributed by atoms with van der Waals surface area (Å²) in [6.07, 6.45) is 0. The van der Waals surface area contributed by atoms with Gasteiger partial charge in [-0.25, -0.2) is 9.97 Å². The van der Waals surface area contributed by atoms with Gasteiger partial charge >= 0.3 is 0 Å². The van der Waals surface area contributed by atoms with Gasteiger partial charge in [0.1, 0.15) is 0 Å². The first-order chi connectivity index (χ1) is 14.6. The van der Waals surface area contributed by atoms with Gasteiger partial charge in [-0.2, -0.15) is 0 Å². The Kier molecular flexibility index (Phi) is 4.52. The molecule has 2 aromatic heterocycles. The zero-order valence-electron chi connectivity index (χ0n) is 16.6. The highest BCUT2D eigenvalue weighted by molar-refractivity contribution is 7.22. The van der Waals surface area contributed by atoms with Crippen LogP contribution in [0.2, 0.25) is 0 Å². The average Bonchev–Trinajstić information content (AvgIpc) is 3.16. The molecule has 0 saturated heterocycles. The standard InChI is InChI=1S/C25H19N3OS/c1-15-11-13-17(14-12-15)23-16(2)22(18-7-3-4-8-19(18)26-23)24(29)28-25-27-20-9-5-6-10-21(20)30-25/h3-14H,1-2H3,(H,27,28,29). The molecule has 0 radical (unpaired) electrons. The Morgan fingerprint density at radius 2 is 1.53 bits per heavy atom. The minimum Gasteiger partial charge on any atom is -0.298 e. The van der Waals surface area contributed by atoms with Gasteiger partial charge in [0.2, 0.25) is 0 Å². The van der Waals surface area contributed by atoms with E-state index in [-0.39, 0.29) is 5.91 Å². The van der Waals surface area contributed by atoms with Crippen LogP contribution in [0.3, 0.4) is 0 Å². The number of pyridine rings is 1. The van der Waals surface area contributed by atoms with E-state index in [1.807, 2.05) is 55.5 Å². The molecule has 1 amide bonds. The second kappa shape index (κ2) is 7.35. The van der Waals surface area contributed by atoms with Crippen molar-refractivity contribution in [1.82, 2.24) is 9.97 Å². The number of benzene rings is 3. The zero-order valence-corrected chi connectivity index (χ0v) is 17.5. The third kappa shape index (κ3) is 3.23. The molecular formula is C25H19N3OS. The Hall–Kier alpha value is -3.57. The summed E-state index contributed by atoms with van der Waals surface area (Å²) in [5.74, 6) is -0.168. The van der Waals surface area contributed by atoms with E-state index in [4.69, 9.17) is 4.98 Å². The van der Waals surface area contributed by atoms with Crippen LogP contribution in [0, 0.1) is 13.8 Å². The van der Waals surface area contributed by atoms with Gasteiger partial charge in [-0.15, -0.1) is 0 Å². The molecule has 0 atom stereocenters. The first-order valence-corrected chi connectivity index (χ1v) is 10.5. The predicted octanol–water partition coefficient (Wildman–Crippen LogP) is 6.38. The van der Waals surface area contributed by atoms with Gasteiger partial charge in [0.15, 0.2) is 5.13 Å². The van der Waals surface area contributed by atoms with E-state index >= 15 is 0 Å². The molecule has 0 fully saturated rings. The van der Waals surface area contributed by atoms with Gasteiger partial charge < -0.3 is 0 Å². The fraction of sp³-hybridized carbons (Fsp3) is 0.0800. The van der Waals surface area contributed by atoms with Gasteiger partial charge in [-0.1, -0.05) is 71.5 Å². The summed E-state index contributed by atoms with van der Waals surface area (Å²) in [6.45, 7) is 4.02. The fourth-order valence-electron chi connectivity index (χ4n) is 3.68. The number of carbonyl (C=O) groups is 1. The number of amides is 1. The summed E-state index contributed by atoms with van der Waals surface area (Å²) in [5, 5.41) is 4.44. The summed E-state index contributed by atoms with van der Waals surface area (Å²) < 4.78 is 1.05. The van der Waals surface area contributed by atoms with Crippen molar-refractivity contribution in [2.24, 2.45) is 0 Å². The molecule has 2 heterocycles. The van der Waals surface area contributed by atoms with E-state index in [1.165, 1.54) is 16.9 Å². The van der Waals surface area contributed by atoms with E-state index in [0.717, 1.165) is 37.9 Å². The van der Waals surface area contributed by atoms with E-state index < -0.39 is 0 Å². The Balaban J connectivity index is 1.64. The molecule has 5 heteroatoms. The van der Waals surface area contributed by atoms with Crippen LogP contribution in [0.25, 0.3) is 32.4 Å². The lowest BCUT2D eigenvalue weighted by Gasteiger charge is -2.14. The average molecular weight is 410 g/mol. The third-order valence-electron chi connectivity index (χ3n) is 5.20. The Labute approximate surface area is 178 Å². The lowest BCUT2D eigenvalue weighted by Crippen LogP contribution is -2.15. The van der Waals surface area contributed by atoms with Crippen LogP contribution in [-0.2, 0) is 0 Å². The number of hydrogen-bond acceptors (Lipinski definition) is 4. The number of hydrogen-bond donors (Lipinski definition) is 1. The van der Waals surface area contributed by atoms with Crippen molar-refractivity contribution in [3.05, 3.63) is 89.5 Å². The number of aromatic nitrogens is 2. The summed E-state index contributed by atoms with van der Waals surface area (Å²) in [7, 11) is 0. The van der Waals surface area contributed by atoms with Crippen LogP contribution in [0.15, 0.2) is 72.8 Å². The van der Waals surface area contributed by atoms with Crippen LogP contribution < -0.4 is 5.32 Å². The molecule has 0 unspecified atom stereocenters. The first kappa shape index (κ1) is 18.5. The van der Waals surface area contributed by atoms with Gasteiger partial charge in [0, 0.05) is 10.9 Å². The number of anilines is 1. The van der Waals surface area contributed by atoms with Crippen LogP contribution in [0.1, 0.15) is 21.5 Å². The number of thiazole rings is 1. The van der Waals surface area contributed by atoms with Crippen LogP contribution in [-0.4, -0.2) is 15.9 Å². The number of rotatable bonds is 3. The van der Waals surface area contributed by atoms with Gasteiger partial charge in [-0.3, -0.25) is 10.1 Å². The molecule has 0 aliphatic heterocycles. The van der Waals surface area contributed by atoms with Crippen molar-refractivity contribution in [2.45, 2.75) is 13.8 Å². The third-order valence-corrected chi connectivity index (χ3v) is 6.15. The summed E-state index contributed by atoms with van der Waals surface area (Å²) in [5.41, 5.74) is 6.18. The quantitative estimate of drug-likeness (QED) is 0.376. The van der Waals surface area contributed by atoms with Crippen LogP contribution >= 0.6 is 11.3 Å². The van der Waals surface area contributed by atoms with Gasteiger partial charge in [0.05, 0.1) is 27.0 Å². The SMILES string of the molecule is Cc1ccc(-c2nc3ccccc3c(C(=O)Nc3nc4ccccc4s3)c2C)cc1. The van der Waals surface area contributed by atoms with Crippen molar-refractivity contribution < 1.29 is 4.79 Å². The minimum absolute atomic E-state index is 0.168. The van der Waals surface area contributed by atoms with Crippen molar-refractivity contribution in [2.75, 3.05) is 5.32 Å². The summed E-state index contributed by atoms with van der Waals surface area (Å²) in [6, 6.07) is 23.9. The molecule has 1 N–H and O–H groups in total. The molecule has 0 spiro atoms. The first-order valence-electron chi connectivity index (χ1n) is 9.73. The van der Waals surface area contributed by atoms with E-state index in [0.29, 0.717) is 10.7 Å². The lowest BCUT2D eigenvalue weighted by molar-refractivity contribution is 0.102. The molecule has 4 nitrogen and oxygen atoms in total. The summed E-state index contributed by atoms with van der Waals surface area (Å²) in [4.78, 5) is 22.8. The number of para-hydroxylation sites is 2. The van der Waals surface area contributed by atoms with E-state index in [2.05, 4.69) is 41.5 Å². The van der Waals surface area contributed by atoms with E-state index in [1.54, 1.807) is 0 Å². The molecule has 5 rings (SSSR count). The number of fused-ring (bicyclic) bond motifs is 2. The maximum Gasteiger partial charge on any atom is 0.258 e. The van der Waals surface area contributed by atoms with Crippen molar-refractivity contribution in [3.8, 4) is 11.3 Å². The second-order valence-corrected chi connectivity index (χ2v) is 8.32. The topological polar surface area (TPSA) is 54.9 Å². The Bertz CT molecular complexity index is 1370. The smallest absolute Gasteiger partial charge is 0.258 e. The highest BCUT2D eigenvalue weighted by atomic mass is 32.1. The molecule has 5 aromatic rings. The Morgan fingerprint density at radius 3 is 2.30 bits per heavy atom. The lowest BCUT2D eigenvalue weighted by atomic mass is 9.97. The molecule has 3 aromatic carbocycles. The molecular weight excluding hydrogens is 390 g/mol. The summed E-state index contributed by atoms with van der Waals surface area (Å²) >= 11 is 1.48. The molecule has 0 bridgehead atoms. The minimum atomic E-state index is -0.168. The fourth-order valence-corrected chi connectivity index (χ4v) is 4.54. The monoisotopic (exact) mass is 409 g/mol. The van der Waals surface area contributed by atoms with Gasteiger partial charge in [0.25, 0.3) is 5.91 Å². The molecule has 30 heavy (non-hydrogen) atoms. The largest absolute Gasteiger partial charge is 0.298 e. The number of carbonyl (C=O) groups excluding carboxylic acids is 1. The van der Waals surface area contributed by atoms with E-state index in [9.17, 15) is 4.79 Å². The Morgan fingerprint density at radius 1 is 0.833 bits per heavy atom. The van der Waals surface area contributed by atoms with Crippen molar-refractivity contribution in [3.63, 3.8) is 0 Å². The normalized spacial score (nSPS) is 11.1. The van der Waals surface area contributed by atoms with Crippen molar-refractivity contribution in [1.29, 1.82) is 0 Å². The van der Waals surface area contributed by atoms with Crippen LogP contribution in [0.4, 0.5) is 5.13 Å². The molecule has 0 saturated carbocycles. The highest BCUT2D eigenvalue weighted by Crippen LogP contribution is 2.31. The molecule has 146 valence electrons. The van der Waals surface area contributed by atoms with Crippen LogP contribution in [0.5, 0.6) is 0 Å². The maximum atomic E-state index is 13.4. The predicted molar refractivity (Wildman–Crippen MR) is 124 cm³/mol. The zero-order chi connectivity index (χ0) is 20.7.